The zero-order valence-corrected chi connectivity index (χ0v) is 15.2. The lowest BCUT2D eigenvalue weighted by Crippen LogP contribution is -2.47. The van der Waals surface area contributed by atoms with Crippen molar-refractivity contribution in [1.29, 1.82) is 0 Å². The predicted octanol–water partition coefficient (Wildman–Crippen LogP) is 3.61. The third kappa shape index (κ3) is 7.07. The molecule has 0 unspecified atom stereocenters. The Morgan fingerprint density at radius 2 is 1.95 bits per heavy atom. The molecule has 1 aromatic carbocycles. The highest BCUT2D eigenvalue weighted by molar-refractivity contribution is 14.0. The van der Waals surface area contributed by atoms with E-state index in [0.717, 1.165) is 18.1 Å². The van der Waals surface area contributed by atoms with Gasteiger partial charge in [-0.3, -0.25) is 0 Å². The Balaban J connectivity index is 0.00000361. The lowest BCUT2D eigenvalue weighted by atomic mass is 10.1. The minimum absolute atomic E-state index is 0. The molecule has 0 aliphatic heterocycles. The molecule has 114 valence electrons. The number of nitrogens with one attached hydrogen (secondary N) is 2. The maximum Gasteiger partial charge on any atom is 0.191 e. The minimum atomic E-state index is -0.174. The molecule has 0 radical (unpaired) electrons. The van der Waals surface area contributed by atoms with Crippen LogP contribution in [0.2, 0.25) is 0 Å². The van der Waals surface area contributed by atoms with E-state index in [1.54, 1.807) is 13.0 Å². The molecule has 0 aliphatic carbocycles. The van der Waals surface area contributed by atoms with Crippen LogP contribution in [0.3, 0.4) is 0 Å². The Labute approximate surface area is 138 Å². The van der Waals surface area contributed by atoms with Gasteiger partial charge in [0.25, 0.3) is 0 Å². The van der Waals surface area contributed by atoms with Gasteiger partial charge in [-0.25, -0.2) is 9.38 Å². The fourth-order valence-electron chi connectivity index (χ4n) is 1.64. The summed E-state index contributed by atoms with van der Waals surface area (Å²) >= 11 is 0. The lowest BCUT2D eigenvalue weighted by molar-refractivity contribution is 0.501. The third-order valence-corrected chi connectivity index (χ3v) is 2.48. The molecule has 1 rings (SSSR count). The smallest absolute Gasteiger partial charge is 0.191 e. The Morgan fingerprint density at radius 3 is 2.45 bits per heavy atom. The lowest BCUT2D eigenvalue weighted by Gasteiger charge is -2.23. The van der Waals surface area contributed by atoms with Crippen molar-refractivity contribution in [3.63, 3.8) is 0 Å². The topological polar surface area (TPSA) is 36.4 Å². The van der Waals surface area contributed by atoms with E-state index in [1.807, 2.05) is 13.0 Å². The number of aliphatic imine (C=N–C) groups is 1. The second-order valence-electron chi connectivity index (χ2n) is 5.65. The summed E-state index contributed by atoms with van der Waals surface area (Å²) in [5, 5.41) is 6.52. The highest BCUT2D eigenvalue weighted by Crippen LogP contribution is 2.10. The Hall–Kier alpha value is -0.850. The van der Waals surface area contributed by atoms with E-state index in [9.17, 15) is 4.39 Å². The molecule has 0 aromatic heterocycles. The SMILES string of the molecule is CCNC(=NCc1ccc(F)c(C)c1)NC(C)(C)C.I. The van der Waals surface area contributed by atoms with Gasteiger partial charge in [-0.2, -0.15) is 0 Å². The van der Waals surface area contributed by atoms with E-state index in [0.29, 0.717) is 12.1 Å². The molecule has 0 atom stereocenters. The number of nitrogens with zero attached hydrogens (tertiary/aromatic N) is 1. The van der Waals surface area contributed by atoms with Crippen molar-refractivity contribution in [2.24, 2.45) is 4.99 Å². The van der Waals surface area contributed by atoms with Crippen LogP contribution in [0.25, 0.3) is 0 Å². The summed E-state index contributed by atoms with van der Waals surface area (Å²) in [4.78, 5) is 4.51. The van der Waals surface area contributed by atoms with Gasteiger partial charge in [0.2, 0.25) is 0 Å². The highest BCUT2D eigenvalue weighted by Gasteiger charge is 2.11. The number of guanidine groups is 1. The first-order valence-electron chi connectivity index (χ1n) is 6.63. The van der Waals surface area contributed by atoms with Gasteiger partial charge < -0.3 is 10.6 Å². The van der Waals surface area contributed by atoms with Crippen molar-refractivity contribution in [3.05, 3.63) is 35.1 Å². The molecule has 0 fully saturated rings. The predicted molar refractivity (Wildman–Crippen MR) is 94.3 cm³/mol. The highest BCUT2D eigenvalue weighted by atomic mass is 127. The van der Waals surface area contributed by atoms with Gasteiger partial charge in [0.1, 0.15) is 5.82 Å². The molecule has 0 heterocycles. The number of halogens is 2. The van der Waals surface area contributed by atoms with Crippen LogP contribution in [0.1, 0.15) is 38.8 Å². The Bertz CT molecular complexity index is 453. The van der Waals surface area contributed by atoms with Crippen molar-refractivity contribution in [3.8, 4) is 0 Å². The van der Waals surface area contributed by atoms with E-state index in [4.69, 9.17) is 0 Å². The van der Waals surface area contributed by atoms with Gasteiger partial charge in [-0.15, -0.1) is 24.0 Å². The molecule has 3 nitrogen and oxygen atoms in total. The van der Waals surface area contributed by atoms with Crippen LogP contribution in [0.4, 0.5) is 4.39 Å². The first-order valence-corrected chi connectivity index (χ1v) is 6.63. The summed E-state index contributed by atoms with van der Waals surface area (Å²) in [5.74, 6) is 0.601. The molecule has 0 bridgehead atoms. The maximum absolute atomic E-state index is 13.2. The van der Waals surface area contributed by atoms with Crippen molar-refractivity contribution >= 4 is 29.9 Å². The molecule has 0 aliphatic rings. The van der Waals surface area contributed by atoms with Crippen molar-refractivity contribution in [2.75, 3.05) is 6.54 Å². The second kappa shape index (κ2) is 8.44. The molecule has 20 heavy (non-hydrogen) atoms. The molecular weight excluding hydrogens is 368 g/mol. The largest absolute Gasteiger partial charge is 0.357 e. The van der Waals surface area contributed by atoms with E-state index >= 15 is 0 Å². The number of hydrogen-bond donors (Lipinski definition) is 2. The second-order valence-corrected chi connectivity index (χ2v) is 5.65. The summed E-state index contributed by atoms with van der Waals surface area (Å²) in [7, 11) is 0. The normalized spacial score (nSPS) is 11.8. The standard InChI is InChI=1S/C15H24FN3.HI/c1-6-17-14(19-15(3,4)5)18-10-12-7-8-13(16)11(2)9-12;/h7-9H,6,10H2,1-5H3,(H2,17,18,19);1H. The molecule has 0 saturated carbocycles. The summed E-state index contributed by atoms with van der Waals surface area (Å²) in [5.41, 5.74) is 1.62. The van der Waals surface area contributed by atoms with Gasteiger partial charge in [0, 0.05) is 12.1 Å². The molecular formula is C15H25FIN3. The quantitative estimate of drug-likeness (QED) is 0.468. The average Bonchev–Trinajstić information content (AvgIpc) is 2.29. The van der Waals surface area contributed by atoms with E-state index in [1.165, 1.54) is 6.07 Å². The third-order valence-electron chi connectivity index (χ3n) is 2.48. The molecule has 0 spiro atoms. The number of hydrogen-bond acceptors (Lipinski definition) is 1. The maximum atomic E-state index is 13.2. The Morgan fingerprint density at radius 1 is 1.30 bits per heavy atom. The van der Waals surface area contributed by atoms with Crippen LogP contribution in [0.15, 0.2) is 23.2 Å². The first-order chi connectivity index (χ1) is 8.81. The number of aryl methyl sites for hydroxylation is 1. The van der Waals surface area contributed by atoms with Crippen molar-refractivity contribution < 1.29 is 4.39 Å². The van der Waals surface area contributed by atoms with Gasteiger partial charge >= 0.3 is 0 Å². The molecule has 2 N–H and O–H groups in total. The summed E-state index contributed by atoms with van der Waals surface area (Å²) in [6.45, 7) is 11.4. The van der Waals surface area contributed by atoms with E-state index in [2.05, 4.69) is 36.4 Å². The van der Waals surface area contributed by atoms with Crippen LogP contribution < -0.4 is 10.6 Å². The fourth-order valence-corrected chi connectivity index (χ4v) is 1.64. The van der Waals surface area contributed by atoms with Gasteiger partial charge in [-0.05, 0) is 51.8 Å². The number of benzene rings is 1. The zero-order valence-electron chi connectivity index (χ0n) is 12.9. The van der Waals surface area contributed by atoms with Crippen LogP contribution >= 0.6 is 24.0 Å². The van der Waals surface area contributed by atoms with E-state index < -0.39 is 0 Å². The average molecular weight is 393 g/mol. The van der Waals surface area contributed by atoms with Crippen molar-refractivity contribution in [1.82, 2.24) is 10.6 Å². The van der Waals surface area contributed by atoms with E-state index in [-0.39, 0.29) is 35.3 Å². The minimum Gasteiger partial charge on any atom is -0.357 e. The molecule has 1 aromatic rings. The summed E-state index contributed by atoms with van der Waals surface area (Å²) < 4.78 is 13.2. The van der Waals surface area contributed by atoms with Gasteiger partial charge in [-0.1, -0.05) is 12.1 Å². The number of rotatable bonds is 3. The van der Waals surface area contributed by atoms with Crippen LogP contribution in [-0.4, -0.2) is 18.0 Å². The summed E-state index contributed by atoms with van der Waals surface area (Å²) in [6.07, 6.45) is 0. The van der Waals surface area contributed by atoms with Crippen LogP contribution in [0, 0.1) is 12.7 Å². The monoisotopic (exact) mass is 393 g/mol. The van der Waals surface area contributed by atoms with Crippen LogP contribution in [0.5, 0.6) is 0 Å². The molecule has 0 saturated heterocycles. The fraction of sp³-hybridized carbons (Fsp3) is 0.533. The Kier molecular flexibility index (Phi) is 8.08. The van der Waals surface area contributed by atoms with Crippen LogP contribution in [-0.2, 0) is 6.54 Å². The van der Waals surface area contributed by atoms with Gasteiger partial charge in [0.05, 0.1) is 6.54 Å². The van der Waals surface area contributed by atoms with Crippen molar-refractivity contribution in [2.45, 2.75) is 46.7 Å². The molecule has 0 amide bonds. The van der Waals surface area contributed by atoms with Gasteiger partial charge in [0.15, 0.2) is 5.96 Å². The summed E-state index contributed by atoms with van der Waals surface area (Å²) in [6, 6.07) is 5.09. The molecule has 5 heteroatoms. The zero-order chi connectivity index (χ0) is 14.5. The first kappa shape index (κ1) is 19.1.